The van der Waals surface area contributed by atoms with Crippen molar-refractivity contribution in [3.05, 3.63) is 58.6 Å². The number of phenolic OH excluding ortho intramolecular Hbond substituents is 1. The molecule has 1 aromatic heterocycles. The number of hydrogen-bond acceptors (Lipinski definition) is 6. The van der Waals surface area contributed by atoms with Gasteiger partial charge in [0.1, 0.15) is 0 Å². The number of benzene rings is 3. The molecule has 0 aliphatic carbocycles. The molecular formula is C31H33ClN4O4. The summed E-state index contributed by atoms with van der Waals surface area (Å²) in [4.78, 5) is 28.5. The van der Waals surface area contributed by atoms with Gasteiger partial charge in [0.15, 0.2) is 11.5 Å². The maximum absolute atomic E-state index is 13.0. The molecule has 3 heterocycles. The first-order valence-electron chi connectivity index (χ1n) is 13.8. The Hall–Kier alpha value is -3.59. The zero-order chi connectivity index (χ0) is 28.1. The van der Waals surface area contributed by atoms with Crippen LogP contribution in [-0.2, 0) is 7.05 Å². The van der Waals surface area contributed by atoms with E-state index < -0.39 is 11.8 Å². The molecule has 3 aromatic carbocycles. The van der Waals surface area contributed by atoms with E-state index in [1.54, 1.807) is 18.2 Å². The van der Waals surface area contributed by atoms with Crippen molar-refractivity contribution < 1.29 is 19.4 Å². The van der Waals surface area contributed by atoms with E-state index in [9.17, 15) is 14.7 Å². The largest absolute Gasteiger partial charge is 0.504 e. The molecule has 0 bridgehead atoms. The van der Waals surface area contributed by atoms with Crippen LogP contribution < -0.4 is 15.4 Å². The summed E-state index contributed by atoms with van der Waals surface area (Å²) in [6.07, 6.45) is 1.88. The minimum Gasteiger partial charge on any atom is -0.504 e. The van der Waals surface area contributed by atoms with Crippen LogP contribution in [-0.4, -0.2) is 64.7 Å². The maximum Gasteiger partial charge on any atom is 0.259 e. The number of carbonyl (C=O) groups is 2. The van der Waals surface area contributed by atoms with E-state index in [1.807, 2.05) is 35.9 Å². The predicted molar refractivity (Wildman–Crippen MR) is 158 cm³/mol. The smallest absolute Gasteiger partial charge is 0.259 e. The van der Waals surface area contributed by atoms with Crippen LogP contribution in [0, 0.1) is 0 Å². The van der Waals surface area contributed by atoms with Crippen molar-refractivity contribution in [2.24, 2.45) is 7.05 Å². The number of fused-ring (bicyclic) bond motifs is 5. The molecule has 8 nitrogen and oxygen atoms in total. The van der Waals surface area contributed by atoms with E-state index in [0.29, 0.717) is 62.5 Å². The van der Waals surface area contributed by atoms with Gasteiger partial charge in [0.2, 0.25) is 0 Å². The third-order valence-electron chi connectivity index (χ3n) is 7.98. The van der Waals surface area contributed by atoms with Gasteiger partial charge in [0.25, 0.3) is 11.8 Å². The van der Waals surface area contributed by atoms with Crippen LogP contribution in [0.2, 0.25) is 5.02 Å². The van der Waals surface area contributed by atoms with Crippen molar-refractivity contribution in [1.82, 2.24) is 20.1 Å². The average molecular weight is 561 g/mol. The standard InChI is InChI=1S/C31H33ClN4O4/c1-17-15-36(16-18(2)33-17)10-6-7-11-40-26-14-23-21(13-25(26)37)27-24(35(23)3)12-20(19-8-4-5-9-22(19)32)28-29(27)31(39)34-30(28)38/h4-5,8-9,12-14,17-18,33,37H,6-7,10-11,15-16H2,1-3H3,(H,34,38,39). The van der Waals surface area contributed by atoms with Crippen molar-refractivity contribution in [2.45, 2.75) is 38.8 Å². The fourth-order valence-corrected chi connectivity index (χ4v) is 6.55. The third-order valence-corrected chi connectivity index (χ3v) is 8.31. The van der Waals surface area contributed by atoms with Crippen LogP contribution in [0.15, 0.2) is 42.5 Å². The second-order valence-corrected chi connectivity index (χ2v) is 11.4. The number of hydrogen-bond donors (Lipinski definition) is 3. The maximum atomic E-state index is 13.0. The molecule has 0 radical (unpaired) electrons. The van der Waals surface area contributed by atoms with Crippen molar-refractivity contribution in [3.63, 3.8) is 0 Å². The Morgan fingerprint density at radius 2 is 1.70 bits per heavy atom. The monoisotopic (exact) mass is 560 g/mol. The van der Waals surface area contributed by atoms with Crippen LogP contribution in [0.4, 0.5) is 0 Å². The number of imide groups is 1. The first-order valence-corrected chi connectivity index (χ1v) is 14.1. The second-order valence-electron chi connectivity index (χ2n) is 11.0. The molecular weight excluding hydrogens is 528 g/mol. The van der Waals surface area contributed by atoms with E-state index >= 15 is 0 Å². The number of piperazine rings is 1. The molecule has 3 N–H and O–H groups in total. The first-order chi connectivity index (χ1) is 19.2. The van der Waals surface area contributed by atoms with Crippen molar-refractivity contribution in [1.29, 1.82) is 0 Å². The van der Waals surface area contributed by atoms with Crippen LogP contribution in [0.1, 0.15) is 47.4 Å². The van der Waals surface area contributed by atoms with E-state index in [-0.39, 0.29) is 5.75 Å². The molecule has 40 heavy (non-hydrogen) atoms. The Balaban J connectivity index is 1.31. The number of aryl methyl sites for hydroxylation is 1. The molecule has 208 valence electrons. The molecule has 2 amide bonds. The molecule has 0 spiro atoms. The summed E-state index contributed by atoms with van der Waals surface area (Å²) in [6.45, 7) is 8.04. The molecule has 1 saturated heterocycles. The summed E-state index contributed by atoms with van der Waals surface area (Å²) < 4.78 is 7.98. The van der Waals surface area contributed by atoms with E-state index in [4.69, 9.17) is 16.3 Å². The van der Waals surface area contributed by atoms with E-state index in [0.717, 1.165) is 43.5 Å². The van der Waals surface area contributed by atoms with Crippen molar-refractivity contribution in [3.8, 4) is 22.6 Å². The summed E-state index contributed by atoms with van der Waals surface area (Å²) >= 11 is 6.51. The van der Waals surface area contributed by atoms with Crippen LogP contribution >= 0.6 is 11.6 Å². The highest BCUT2D eigenvalue weighted by molar-refractivity contribution is 6.36. The molecule has 9 heteroatoms. The number of aromatic hydroxyl groups is 1. The fraction of sp³-hybridized carbons (Fsp3) is 0.355. The van der Waals surface area contributed by atoms with Gasteiger partial charge in [-0.2, -0.15) is 0 Å². The number of nitrogens with zero attached hydrogens (tertiary/aromatic N) is 2. The lowest BCUT2D eigenvalue weighted by molar-refractivity contribution is 0.0880. The average Bonchev–Trinajstić information content (AvgIpc) is 3.35. The van der Waals surface area contributed by atoms with Crippen LogP contribution in [0.25, 0.3) is 32.9 Å². The first kappa shape index (κ1) is 26.6. The molecule has 6 rings (SSSR count). The molecule has 2 aliphatic rings. The molecule has 0 saturated carbocycles. The summed E-state index contributed by atoms with van der Waals surface area (Å²) in [5.41, 5.74) is 3.41. The molecule has 2 aliphatic heterocycles. The lowest BCUT2D eigenvalue weighted by Gasteiger charge is -2.36. The van der Waals surface area contributed by atoms with Gasteiger partial charge in [-0.25, -0.2) is 0 Å². The zero-order valence-electron chi connectivity index (χ0n) is 22.9. The topological polar surface area (TPSA) is 95.8 Å². The van der Waals surface area contributed by atoms with Gasteiger partial charge in [-0.1, -0.05) is 29.8 Å². The van der Waals surface area contributed by atoms with E-state index in [1.165, 1.54) is 0 Å². The minimum atomic E-state index is -0.459. The number of carbonyl (C=O) groups excluding carboxylic acids is 2. The Morgan fingerprint density at radius 1 is 0.975 bits per heavy atom. The Morgan fingerprint density at radius 3 is 2.45 bits per heavy atom. The number of phenols is 1. The van der Waals surface area contributed by atoms with Gasteiger partial charge < -0.3 is 24.6 Å². The molecule has 2 unspecified atom stereocenters. The number of halogens is 1. The lowest BCUT2D eigenvalue weighted by Crippen LogP contribution is -2.54. The number of aromatic nitrogens is 1. The van der Waals surface area contributed by atoms with Gasteiger partial charge in [-0.3, -0.25) is 14.9 Å². The number of rotatable bonds is 7. The summed E-state index contributed by atoms with van der Waals surface area (Å²) in [5, 5.41) is 18.7. The number of amides is 2. The summed E-state index contributed by atoms with van der Waals surface area (Å²) in [7, 11) is 1.90. The van der Waals surface area contributed by atoms with Gasteiger partial charge >= 0.3 is 0 Å². The van der Waals surface area contributed by atoms with Gasteiger partial charge in [0.05, 0.1) is 28.8 Å². The SMILES string of the molecule is CC1CN(CCCCOc2cc3c(cc2O)c2c4c(c(-c5ccccc5Cl)cc2n3C)C(=O)NC4=O)CC(C)N1. The number of ether oxygens (including phenoxy) is 1. The molecule has 4 aromatic rings. The highest BCUT2D eigenvalue weighted by Crippen LogP contribution is 2.44. The van der Waals surface area contributed by atoms with Crippen molar-refractivity contribution in [2.75, 3.05) is 26.2 Å². The third kappa shape index (κ3) is 4.60. The number of nitrogens with one attached hydrogen (secondary N) is 2. The summed E-state index contributed by atoms with van der Waals surface area (Å²) in [5.74, 6) is -0.521. The molecule has 1 fully saturated rings. The highest BCUT2D eigenvalue weighted by Gasteiger charge is 2.35. The predicted octanol–water partition coefficient (Wildman–Crippen LogP) is 5.08. The fourth-order valence-electron chi connectivity index (χ4n) is 6.31. The van der Waals surface area contributed by atoms with Gasteiger partial charge in [-0.05, 0) is 57.0 Å². The van der Waals surface area contributed by atoms with Crippen molar-refractivity contribution >= 4 is 45.2 Å². The Bertz CT molecular complexity index is 1650. The van der Waals surface area contributed by atoms with Gasteiger partial charge in [0, 0.05) is 59.6 Å². The Kier molecular flexibility index (Phi) is 6.94. The molecule has 2 atom stereocenters. The zero-order valence-corrected chi connectivity index (χ0v) is 23.6. The van der Waals surface area contributed by atoms with Crippen LogP contribution in [0.5, 0.6) is 11.5 Å². The highest BCUT2D eigenvalue weighted by atomic mass is 35.5. The quantitative estimate of drug-likeness (QED) is 0.215. The second kappa shape index (κ2) is 10.4. The lowest BCUT2D eigenvalue weighted by atomic mass is 9.93. The van der Waals surface area contributed by atoms with E-state index in [2.05, 4.69) is 29.4 Å². The number of unbranched alkanes of at least 4 members (excludes halogenated alkanes) is 1. The van der Waals surface area contributed by atoms with Gasteiger partial charge in [-0.15, -0.1) is 0 Å². The Labute approximate surface area is 237 Å². The van der Waals surface area contributed by atoms with Crippen LogP contribution in [0.3, 0.4) is 0 Å². The minimum absolute atomic E-state index is 0.00147. The summed E-state index contributed by atoms with van der Waals surface area (Å²) in [6, 6.07) is 13.6. The normalized spacial score (nSPS) is 19.4.